The van der Waals surface area contributed by atoms with Crippen molar-refractivity contribution < 1.29 is 13.2 Å². The third kappa shape index (κ3) is 3.68. The summed E-state index contributed by atoms with van der Waals surface area (Å²) in [5, 5.41) is 6.63. The number of halogens is 3. The van der Waals surface area contributed by atoms with Crippen molar-refractivity contribution in [3.8, 4) is 0 Å². The Labute approximate surface area is 79.9 Å². The van der Waals surface area contributed by atoms with Gasteiger partial charge in [-0.05, 0) is 13.8 Å². The SMILES string of the molecule is CC(C)Nc1ccn(CC(F)(F)F)n1. The number of hydrogen-bond donors (Lipinski definition) is 1. The van der Waals surface area contributed by atoms with Crippen molar-refractivity contribution in [2.45, 2.75) is 32.6 Å². The van der Waals surface area contributed by atoms with Crippen molar-refractivity contribution in [2.75, 3.05) is 5.32 Å². The summed E-state index contributed by atoms with van der Waals surface area (Å²) in [5.41, 5.74) is 0. The van der Waals surface area contributed by atoms with Crippen molar-refractivity contribution >= 4 is 5.82 Å². The van der Waals surface area contributed by atoms with Crippen LogP contribution in [0.25, 0.3) is 0 Å². The molecule has 1 heterocycles. The van der Waals surface area contributed by atoms with Gasteiger partial charge in [0.2, 0.25) is 0 Å². The highest BCUT2D eigenvalue weighted by atomic mass is 19.4. The van der Waals surface area contributed by atoms with Gasteiger partial charge in [-0.1, -0.05) is 0 Å². The summed E-state index contributed by atoms with van der Waals surface area (Å²) < 4.78 is 36.7. The average molecular weight is 207 g/mol. The molecule has 1 aromatic rings. The van der Waals surface area contributed by atoms with Crippen LogP contribution in [0.15, 0.2) is 12.3 Å². The molecule has 3 nitrogen and oxygen atoms in total. The third-order valence-electron chi connectivity index (χ3n) is 1.42. The number of nitrogens with zero attached hydrogens (tertiary/aromatic N) is 2. The fourth-order valence-electron chi connectivity index (χ4n) is 1.01. The third-order valence-corrected chi connectivity index (χ3v) is 1.42. The van der Waals surface area contributed by atoms with Gasteiger partial charge in [0.15, 0.2) is 0 Å². The van der Waals surface area contributed by atoms with Gasteiger partial charge in [0.05, 0.1) is 0 Å². The number of anilines is 1. The zero-order valence-corrected chi connectivity index (χ0v) is 7.97. The van der Waals surface area contributed by atoms with Crippen LogP contribution in [-0.2, 0) is 6.54 Å². The molecule has 0 amide bonds. The number of alkyl halides is 3. The quantitative estimate of drug-likeness (QED) is 0.823. The Hall–Kier alpha value is -1.20. The van der Waals surface area contributed by atoms with Gasteiger partial charge < -0.3 is 5.32 Å². The Morgan fingerprint density at radius 1 is 1.50 bits per heavy atom. The van der Waals surface area contributed by atoms with Gasteiger partial charge >= 0.3 is 6.18 Å². The summed E-state index contributed by atoms with van der Waals surface area (Å²) in [6.07, 6.45) is -2.92. The molecule has 14 heavy (non-hydrogen) atoms. The molecule has 0 fully saturated rings. The first-order chi connectivity index (χ1) is 6.37. The summed E-state index contributed by atoms with van der Waals surface area (Å²) in [5.74, 6) is 0.462. The first-order valence-corrected chi connectivity index (χ1v) is 4.23. The molecular formula is C8H12F3N3. The van der Waals surface area contributed by atoms with Crippen LogP contribution in [0.2, 0.25) is 0 Å². The molecule has 1 rings (SSSR count). The highest BCUT2D eigenvalue weighted by molar-refractivity contribution is 5.32. The molecule has 0 unspecified atom stereocenters. The number of aromatic nitrogens is 2. The summed E-state index contributed by atoms with van der Waals surface area (Å²) >= 11 is 0. The van der Waals surface area contributed by atoms with E-state index in [1.54, 1.807) is 0 Å². The Bertz CT molecular complexity index is 290. The van der Waals surface area contributed by atoms with Gasteiger partial charge in [0, 0.05) is 18.3 Å². The van der Waals surface area contributed by atoms with Gasteiger partial charge in [-0.2, -0.15) is 18.3 Å². The summed E-state index contributed by atoms with van der Waals surface area (Å²) in [7, 11) is 0. The zero-order valence-electron chi connectivity index (χ0n) is 7.97. The second-order valence-corrected chi connectivity index (χ2v) is 3.31. The van der Waals surface area contributed by atoms with Crippen LogP contribution in [0, 0.1) is 0 Å². The minimum absolute atomic E-state index is 0.157. The van der Waals surface area contributed by atoms with Gasteiger partial charge in [0.1, 0.15) is 12.4 Å². The van der Waals surface area contributed by atoms with Gasteiger partial charge in [-0.3, -0.25) is 4.68 Å². The molecule has 0 aliphatic rings. The van der Waals surface area contributed by atoms with E-state index in [1.807, 2.05) is 13.8 Å². The first kappa shape index (κ1) is 10.9. The van der Waals surface area contributed by atoms with E-state index in [9.17, 15) is 13.2 Å². The van der Waals surface area contributed by atoms with E-state index < -0.39 is 12.7 Å². The van der Waals surface area contributed by atoms with E-state index in [2.05, 4.69) is 10.4 Å². The molecule has 0 saturated heterocycles. The lowest BCUT2D eigenvalue weighted by Crippen LogP contribution is -2.18. The number of hydrogen-bond acceptors (Lipinski definition) is 2. The Kier molecular flexibility index (Phi) is 3.03. The molecular weight excluding hydrogens is 195 g/mol. The zero-order chi connectivity index (χ0) is 10.8. The van der Waals surface area contributed by atoms with E-state index >= 15 is 0 Å². The standard InChI is InChI=1S/C8H12F3N3/c1-6(2)12-7-3-4-14(13-7)5-8(9,10)11/h3-4,6H,5H2,1-2H3,(H,12,13). The predicted molar refractivity (Wildman–Crippen MR) is 47.0 cm³/mol. The van der Waals surface area contributed by atoms with E-state index in [0.717, 1.165) is 4.68 Å². The molecule has 0 spiro atoms. The van der Waals surface area contributed by atoms with Crippen LogP contribution in [-0.4, -0.2) is 22.0 Å². The largest absolute Gasteiger partial charge is 0.408 e. The summed E-state index contributed by atoms with van der Waals surface area (Å²) in [4.78, 5) is 0. The fraction of sp³-hybridized carbons (Fsp3) is 0.625. The maximum absolute atomic E-state index is 11.9. The minimum atomic E-state index is -4.22. The molecule has 0 atom stereocenters. The molecule has 6 heteroatoms. The van der Waals surface area contributed by atoms with Crippen LogP contribution >= 0.6 is 0 Å². The van der Waals surface area contributed by atoms with Crippen LogP contribution in [0.1, 0.15) is 13.8 Å². The highest BCUT2D eigenvalue weighted by Crippen LogP contribution is 2.17. The molecule has 0 aliphatic heterocycles. The van der Waals surface area contributed by atoms with Gasteiger partial charge in [-0.15, -0.1) is 0 Å². The van der Waals surface area contributed by atoms with Gasteiger partial charge in [0.25, 0.3) is 0 Å². The fourth-order valence-corrected chi connectivity index (χ4v) is 1.01. The maximum Gasteiger partial charge on any atom is 0.408 e. The minimum Gasteiger partial charge on any atom is -0.366 e. The number of rotatable bonds is 3. The Morgan fingerprint density at radius 3 is 2.64 bits per heavy atom. The highest BCUT2D eigenvalue weighted by Gasteiger charge is 2.28. The summed E-state index contributed by atoms with van der Waals surface area (Å²) in [6.45, 7) is 2.73. The van der Waals surface area contributed by atoms with Crippen molar-refractivity contribution in [2.24, 2.45) is 0 Å². The first-order valence-electron chi connectivity index (χ1n) is 4.23. The predicted octanol–water partition coefficient (Wildman–Crippen LogP) is 2.27. The van der Waals surface area contributed by atoms with Crippen LogP contribution in [0.4, 0.5) is 19.0 Å². The molecule has 80 valence electrons. The van der Waals surface area contributed by atoms with E-state index in [4.69, 9.17) is 0 Å². The normalized spacial score (nSPS) is 12.1. The maximum atomic E-state index is 11.9. The second-order valence-electron chi connectivity index (χ2n) is 3.31. The smallest absolute Gasteiger partial charge is 0.366 e. The second kappa shape index (κ2) is 3.89. The molecule has 0 bridgehead atoms. The van der Waals surface area contributed by atoms with Crippen molar-refractivity contribution in [3.63, 3.8) is 0 Å². The lowest BCUT2D eigenvalue weighted by molar-refractivity contribution is -0.142. The van der Waals surface area contributed by atoms with Crippen LogP contribution in [0.3, 0.4) is 0 Å². The molecule has 0 aromatic carbocycles. The topological polar surface area (TPSA) is 29.9 Å². The van der Waals surface area contributed by atoms with E-state index in [0.29, 0.717) is 5.82 Å². The van der Waals surface area contributed by atoms with Crippen molar-refractivity contribution in [1.82, 2.24) is 9.78 Å². The van der Waals surface area contributed by atoms with Crippen LogP contribution < -0.4 is 5.32 Å². The Balaban J connectivity index is 2.60. The lowest BCUT2D eigenvalue weighted by atomic mass is 10.4. The number of nitrogens with one attached hydrogen (secondary N) is 1. The van der Waals surface area contributed by atoms with Crippen LogP contribution in [0.5, 0.6) is 0 Å². The van der Waals surface area contributed by atoms with Crippen molar-refractivity contribution in [1.29, 1.82) is 0 Å². The Morgan fingerprint density at radius 2 is 2.14 bits per heavy atom. The monoisotopic (exact) mass is 207 g/mol. The molecule has 0 saturated carbocycles. The van der Waals surface area contributed by atoms with Crippen molar-refractivity contribution in [3.05, 3.63) is 12.3 Å². The van der Waals surface area contributed by atoms with E-state index in [-0.39, 0.29) is 6.04 Å². The van der Waals surface area contributed by atoms with Gasteiger partial charge in [-0.25, -0.2) is 0 Å². The molecule has 0 radical (unpaired) electrons. The molecule has 1 aromatic heterocycles. The average Bonchev–Trinajstić information content (AvgIpc) is 2.30. The molecule has 1 N–H and O–H groups in total. The lowest BCUT2D eigenvalue weighted by Gasteiger charge is -2.07. The van der Waals surface area contributed by atoms with E-state index in [1.165, 1.54) is 12.3 Å². The summed E-state index contributed by atoms with van der Waals surface area (Å²) in [6, 6.07) is 1.68. The molecule has 0 aliphatic carbocycles.